The summed E-state index contributed by atoms with van der Waals surface area (Å²) in [4.78, 5) is 2.58. The van der Waals surface area contributed by atoms with Crippen LogP contribution in [0.5, 0.6) is 0 Å². The highest BCUT2D eigenvalue weighted by molar-refractivity contribution is 9.10. The fraction of sp³-hybridized carbons (Fsp3) is 0.667. The Morgan fingerprint density at radius 3 is 2.67 bits per heavy atom. The summed E-state index contributed by atoms with van der Waals surface area (Å²) in [5.41, 5.74) is 2.74. The fourth-order valence-electron chi connectivity index (χ4n) is 3.48. The van der Waals surface area contributed by atoms with E-state index in [1.807, 2.05) is 0 Å². The SMILES string of the molecule is CC1CC(C)C(C)N(c2ccc(CNC3CC3)cc2Br)C1. The predicted octanol–water partition coefficient (Wildman–Crippen LogP) is 4.57. The van der Waals surface area contributed by atoms with Gasteiger partial charge < -0.3 is 10.2 Å². The zero-order valence-corrected chi connectivity index (χ0v) is 15.0. The van der Waals surface area contributed by atoms with Crippen molar-refractivity contribution in [1.82, 2.24) is 5.32 Å². The van der Waals surface area contributed by atoms with Crippen LogP contribution in [0.1, 0.15) is 45.6 Å². The first kappa shape index (κ1) is 15.4. The minimum Gasteiger partial charge on any atom is -0.367 e. The molecule has 1 aliphatic carbocycles. The van der Waals surface area contributed by atoms with Gasteiger partial charge in [-0.15, -0.1) is 0 Å². The van der Waals surface area contributed by atoms with Gasteiger partial charge in [-0.05, 0) is 71.6 Å². The van der Waals surface area contributed by atoms with Gasteiger partial charge in [-0.25, -0.2) is 0 Å². The summed E-state index contributed by atoms with van der Waals surface area (Å²) >= 11 is 3.80. The molecule has 0 bridgehead atoms. The van der Waals surface area contributed by atoms with E-state index in [-0.39, 0.29) is 0 Å². The van der Waals surface area contributed by atoms with Crippen molar-refractivity contribution in [1.29, 1.82) is 0 Å². The maximum Gasteiger partial charge on any atom is 0.0513 e. The number of hydrogen-bond acceptors (Lipinski definition) is 2. The molecule has 2 nitrogen and oxygen atoms in total. The number of hydrogen-bond donors (Lipinski definition) is 1. The molecule has 1 aliphatic heterocycles. The number of nitrogens with one attached hydrogen (secondary N) is 1. The molecule has 2 fully saturated rings. The Labute approximate surface area is 137 Å². The van der Waals surface area contributed by atoms with E-state index in [0.717, 1.165) is 24.4 Å². The lowest BCUT2D eigenvalue weighted by Crippen LogP contribution is -2.46. The Morgan fingerprint density at radius 2 is 2.00 bits per heavy atom. The Balaban J connectivity index is 1.74. The highest BCUT2D eigenvalue weighted by atomic mass is 79.9. The number of rotatable bonds is 4. The van der Waals surface area contributed by atoms with Crippen molar-refractivity contribution in [2.24, 2.45) is 11.8 Å². The van der Waals surface area contributed by atoms with Crippen LogP contribution >= 0.6 is 15.9 Å². The standard InChI is InChI=1S/C18H27BrN2/c1-12-8-13(2)14(3)21(11-12)18-7-4-15(9-17(18)19)10-20-16-5-6-16/h4,7,9,12-14,16,20H,5-6,8,10-11H2,1-3H3. The summed E-state index contributed by atoms with van der Waals surface area (Å²) in [6.07, 6.45) is 4.04. The summed E-state index contributed by atoms with van der Waals surface area (Å²) in [6.45, 7) is 9.29. The Bertz CT molecular complexity index is 498. The second-order valence-corrected chi connectivity index (χ2v) is 8.01. The topological polar surface area (TPSA) is 15.3 Å². The quantitative estimate of drug-likeness (QED) is 0.855. The molecule has 1 saturated heterocycles. The van der Waals surface area contributed by atoms with Gasteiger partial charge in [-0.1, -0.05) is 19.9 Å². The van der Waals surface area contributed by atoms with E-state index in [1.54, 1.807) is 0 Å². The van der Waals surface area contributed by atoms with Crippen molar-refractivity contribution in [3.05, 3.63) is 28.2 Å². The summed E-state index contributed by atoms with van der Waals surface area (Å²) in [6, 6.07) is 8.27. The van der Waals surface area contributed by atoms with Crippen molar-refractivity contribution in [2.75, 3.05) is 11.4 Å². The molecule has 0 spiro atoms. The van der Waals surface area contributed by atoms with Gasteiger partial charge in [0, 0.05) is 29.6 Å². The van der Waals surface area contributed by atoms with Crippen LogP contribution < -0.4 is 10.2 Å². The second kappa shape index (κ2) is 6.29. The lowest BCUT2D eigenvalue weighted by molar-refractivity contribution is 0.297. The zero-order valence-electron chi connectivity index (χ0n) is 13.4. The monoisotopic (exact) mass is 350 g/mol. The largest absolute Gasteiger partial charge is 0.367 e. The molecular formula is C18H27BrN2. The summed E-state index contributed by atoms with van der Waals surface area (Å²) in [5.74, 6) is 1.54. The van der Waals surface area contributed by atoms with E-state index in [0.29, 0.717) is 6.04 Å². The van der Waals surface area contributed by atoms with Crippen molar-refractivity contribution >= 4 is 21.6 Å². The maximum atomic E-state index is 3.80. The molecule has 1 aromatic rings. The first-order chi connectivity index (χ1) is 10.0. The summed E-state index contributed by atoms with van der Waals surface area (Å²) < 4.78 is 1.24. The minimum atomic E-state index is 0.618. The molecule has 2 aliphatic rings. The van der Waals surface area contributed by atoms with Gasteiger partial charge in [0.05, 0.1) is 5.69 Å². The lowest BCUT2D eigenvalue weighted by atomic mass is 9.85. The Hall–Kier alpha value is -0.540. The first-order valence-corrected chi connectivity index (χ1v) is 9.12. The number of piperidine rings is 1. The van der Waals surface area contributed by atoms with E-state index >= 15 is 0 Å². The molecule has 1 heterocycles. The molecule has 1 saturated carbocycles. The smallest absolute Gasteiger partial charge is 0.0513 e. The van der Waals surface area contributed by atoms with Gasteiger partial charge in [0.1, 0.15) is 0 Å². The third-order valence-electron chi connectivity index (χ3n) is 5.09. The van der Waals surface area contributed by atoms with Gasteiger partial charge in [-0.2, -0.15) is 0 Å². The molecular weight excluding hydrogens is 324 g/mol. The van der Waals surface area contributed by atoms with E-state index in [1.165, 1.54) is 41.5 Å². The summed E-state index contributed by atoms with van der Waals surface area (Å²) in [7, 11) is 0. The van der Waals surface area contributed by atoms with Crippen LogP contribution in [0.25, 0.3) is 0 Å². The van der Waals surface area contributed by atoms with Gasteiger partial charge in [0.2, 0.25) is 0 Å². The number of nitrogens with zero attached hydrogens (tertiary/aromatic N) is 1. The molecule has 1 N–H and O–H groups in total. The van der Waals surface area contributed by atoms with Crippen LogP contribution in [0, 0.1) is 11.8 Å². The minimum absolute atomic E-state index is 0.618. The lowest BCUT2D eigenvalue weighted by Gasteiger charge is -2.43. The van der Waals surface area contributed by atoms with Crippen LogP contribution in [0.3, 0.4) is 0 Å². The third-order valence-corrected chi connectivity index (χ3v) is 5.73. The molecule has 1 aromatic carbocycles. The third kappa shape index (κ3) is 3.62. The number of halogens is 1. The van der Waals surface area contributed by atoms with Gasteiger partial charge in [0.25, 0.3) is 0 Å². The molecule has 0 radical (unpaired) electrons. The van der Waals surface area contributed by atoms with Crippen molar-refractivity contribution in [3.8, 4) is 0 Å². The molecule has 21 heavy (non-hydrogen) atoms. The Kier molecular flexibility index (Phi) is 4.60. The van der Waals surface area contributed by atoms with Crippen LogP contribution in [0.15, 0.2) is 22.7 Å². The van der Waals surface area contributed by atoms with Crippen LogP contribution in [-0.2, 0) is 6.54 Å². The first-order valence-electron chi connectivity index (χ1n) is 8.33. The van der Waals surface area contributed by atoms with E-state index in [2.05, 4.69) is 65.1 Å². The van der Waals surface area contributed by atoms with Crippen LogP contribution in [0.2, 0.25) is 0 Å². The van der Waals surface area contributed by atoms with Crippen LogP contribution in [-0.4, -0.2) is 18.6 Å². The molecule has 116 valence electrons. The van der Waals surface area contributed by atoms with E-state index < -0.39 is 0 Å². The molecule has 0 amide bonds. The molecule has 3 unspecified atom stereocenters. The van der Waals surface area contributed by atoms with Crippen molar-refractivity contribution < 1.29 is 0 Å². The number of anilines is 1. The van der Waals surface area contributed by atoms with Gasteiger partial charge in [0.15, 0.2) is 0 Å². The highest BCUT2D eigenvalue weighted by Gasteiger charge is 2.29. The van der Waals surface area contributed by atoms with Crippen LogP contribution in [0.4, 0.5) is 5.69 Å². The fourth-order valence-corrected chi connectivity index (χ4v) is 4.13. The van der Waals surface area contributed by atoms with Gasteiger partial charge in [-0.3, -0.25) is 0 Å². The zero-order chi connectivity index (χ0) is 15.0. The van der Waals surface area contributed by atoms with Gasteiger partial charge >= 0.3 is 0 Å². The second-order valence-electron chi connectivity index (χ2n) is 7.15. The summed E-state index contributed by atoms with van der Waals surface area (Å²) in [5, 5.41) is 3.59. The molecule has 3 atom stereocenters. The molecule has 0 aromatic heterocycles. The number of benzene rings is 1. The Morgan fingerprint density at radius 1 is 1.24 bits per heavy atom. The van der Waals surface area contributed by atoms with Crippen molar-refractivity contribution in [2.45, 2.75) is 58.7 Å². The average Bonchev–Trinajstić information content (AvgIpc) is 3.25. The highest BCUT2D eigenvalue weighted by Crippen LogP contribution is 2.35. The normalized spacial score (nSPS) is 29.7. The molecule has 3 rings (SSSR count). The van der Waals surface area contributed by atoms with E-state index in [9.17, 15) is 0 Å². The van der Waals surface area contributed by atoms with Crippen molar-refractivity contribution in [3.63, 3.8) is 0 Å². The maximum absolute atomic E-state index is 3.80. The van der Waals surface area contributed by atoms with E-state index in [4.69, 9.17) is 0 Å². The molecule has 3 heteroatoms. The predicted molar refractivity (Wildman–Crippen MR) is 93.8 cm³/mol. The average molecular weight is 351 g/mol.